The third-order valence-corrected chi connectivity index (χ3v) is 4.44. The van der Waals surface area contributed by atoms with Crippen LogP contribution in [0.5, 0.6) is 0 Å². The van der Waals surface area contributed by atoms with Gasteiger partial charge in [-0.2, -0.15) is 0 Å². The number of aromatic nitrogens is 1. The number of rotatable bonds is 7. The lowest BCUT2D eigenvalue weighted by molar-refractivity contribution is 0.0949. The van der Waals surface area contributed by atoms with Crippen LogP contribution in [0.4, 0.5) is 5.69 Å². The fourth-order valence-corrected chi connectivity index (χ4v) is 2.85. The summed E-state index contributed by atoms with van der Waals surface area (Å²) in [6, 6.07) is 19.6. The normalized spacial score (nSPS) is 10.4. The summed E-state index contributed by atoms with van der Waals surface area (Å²) in [5.41, 5.74) is 4.86. The quantitative estimate of drug-likeness (QED) is 0.629. The second-order valence-corrected chi connectivity index (χ2v) is 6.84. The maximum Gasteiger partial charge on any atom is 0.269 e. The van der Waals surface area contributed by atoms with Crippen LogP contribution in [0.3, 0.4) is 0 Å². The van der Waals surface area contributed by atoms with Crippen molar-refractivity contribution in [2.75, 3.05) is 11.9 Å². The van der Waals surface area contributed by atoms with Gasteiger partial charge in [0.25, 0.3) is 5.91 Å². The van der Waals surface area contributed by atoms with E-state index in [1.165, 1.54) is 11.1 Å². The minimum absolute atomic E-state index is 0.172. The lowest BCUT2D eigenvalue weighted by Gasteiger charge is -2.08. The maximum atomic E-state index is 12.2. The highest BCUT2D eigenvalue weighted by molar-refractivity contribution is 6.30. The standard InChI is InChI=1S/C22H22ClN3O/c1-16-3-2-4-18(13-16)14-25-20-9-10-21(26-15-20)22(27)24-12-11-17-5-7-19(23)8-6-17/h2-10,13,15,25H,11-12,14H2,1H3,(H,24,27). The van der Waals surface area contributed by atoms with E-state index in [-0.39, 0.29) is 5.91 Å². The van der Waals surface area contributed by atoms with Gasteiger partial charge < -0.3 is 10.6 Å². The Labute approximate surface area is 164 Å². The predicted octanol–water partition coefficient (Wildman–Crippen LogP) is 4.63. The van der Waals surface area contributed by atoms with Gasteiger partial charge in [0.1, 0.15) is 5.69 Å². The molecule has 3 rings (SSSR count). The van der Waals surface area contributed by atoms with E-state index in [2.05, 4.69) is 40.7 Å². The Bertz CT molecular complexity index is 892. The molecule has 27 heavy (non-hydrogen) atoms. The average molecular weight is 380 g/mol. The molecule has 138 valence electrons. The molecule has 3 aromatic rings. The van der Waals surface area contributed by atoms with Gasteiger partial charge in [-0.25, -0.2) is 4.98 Å². The van der Waals surface area contributed by atoms with E-state index < -0.39 is 0 Å². The third-order valence-electron chi connectivity index (χ3n) is 4.19. The van der Waals surface area contributed by atoms with Gasteiger partial charge in [0.15, 0.2) is 0 Å². The molecule has 0 aliphatic carbocycles. The van der Waals surface area contributed by atoms with Crippen LogP contribution in [0.25, 0.3) is 0 Å². The third kappa shape index (κ3) is 5.83. The van der Waals surface area contributed by atoms with Crippen LogP contribution in [0.15, 0.2) is 66.9 Å². The number of aryl methyl sites for hydroxylation is 1. The molecular weight excluding hydrogens is 358 g/mol. The Morgan fingerprint density at radius 2 is 1.85 bits per heavy atom. The molecule has 1 amide bonds. The van der Waals surface area contributed by atoms with Crippen molar-refractivity contribution < 1.29 is 4.79 Å². The van der Waals surface area contributed by atoms with Crippen molar-refractivity contribution in [3.8, 4) is 0 Å². The van der Waals surface area contributed by atoms with E-state index in [1.807, 2.05) is 36.4 Å². The molecule has 1 aromatic heterocycles. The van der Waals surface area contributed by atoms with E-state index in [4.69, 9.17) is 11.6 Å². The minimum Gasteiger partial charge on any atom is -0.380 e. The number of carbonyl (C=O) groups is 1. The molecule has 4 nitrogen and oxygen atoms in total. The molecule has 5 heteroatoms. The van der Waals surface area contributed by atoms with E-state index in [0.29, 0.717) is 17.3 Å². The van der Waals surface area contributed by atoms with Crippen molar-refractivity contribution >= 4 is 23.2 Å². The lowest BCUT2D eigenvalue weighted by Crippen LogP contribution is -2.26. The Morgan fingerprint density at radius 1 is 1.04 bits per heavy atom. The van der Waals surface area contributed by atoms with Gasteiger partial charge in [0.05, 0.1) is 11.9 Å². The van der Waals surface area contributed by atoms with Crippen LogP contribution in [0.1, 0.15) is 27.2 Å². The van der Waals surface area contributed by atoms with Crippen LogP contribution in [-0.2, 0) is 13.0 Å². The summed E-state index contributed by atoms with van der Waals surface area (Å²) < 4.78 is 0. The summed E-state index contributed by atoms with van der Waals surface area (Å²) in [4.78, 5) is 16.5. The zero-order chi connectivity index (χ0) is 19.1. The van der Waals surface area contributed by atoms with Crippen molar-refractivity contribution in [1.29, 1.82) is 0 Å². The topological polar surface area (TPSA) is 54.0 Å². The summed E-state index contributed by atoms with van der Waals surface area (Å²) in [5.74, 6) is -0.172. The summed E-state index contributed by atoms with van der Waals surface area (Å²) in [6.45, 7) is 3.34. The summed E-state index contributed by atoms with van der Waals surface area (Å²) in [7, 11) is 0. The molecule has 0 saturated carbocycles. The van der Waals surface area contributed by atoms with Crippen LogP contribution < -0.4 is 10.6 Å². The van der Waals surface area contributed by atoms with Gasteiger partial charge in [-0.15, -0.1) is 0 Å². The summed E-state index contributed by atoms with van der Waals surface area (Å²) >= 11 is 5.87. The molecule has 0 spiro atoms. The number of pyridine rings is 1. The van der Waals surface area contributed by atoms with Crippen molar-refractivity contribution in [3.05, 3.63) is 94.3 Å². The molecule has 0 unspecified atom stereocenters. The molecule has 0 radical (unpaired) electrons. The molecule has 0 fully saturated rings. The second kappa shape index (κ2) is 9.19. The van der Waals surface area contributed by atoms with Crippen molar-refractivity contribution in [2.45, 2.75) is 19.9 Å². The molecular formula is C22H22ClN3O. The van der Waals surface area contributed by atoms with Crippen LogP contribution >= 0.6 is 11.6 Å². The monoisotopic (exact) mass is 379 g/mol. The number of anilines is 1. The number of carbonyl (C=O) groups excluding carboxylic acids is 1. The highest BCUT2D eigenvalue weighted by atomic mass is 35.5. The molecule has 0 atom stereocenters. The van der Waals surface area contributed by atoms with Crippen LogP contribution in [0, 0.1) is 6.92 Å². The zero-order valence-electron chi connectivity index (χ0n) is 15.2. The zero-order valence-corrected chi connectivity index (χ0v) is 16.0. The first-order valence-electron chi connectivity index (χ1n) is 8.88. The second-order valence-electron chi connectivity index (χ2n) is 6.41. The van der Waals surface area contributed by atoms with Gasteiger partial charge in [0.2, 0.25) is 0 Å². The fourth-order valence-electron chi connectivity index (χ4n) is 2.72. The first-order chi connectivity index (χ1) is 13.1. The molecule has 1 heterocycles. The van der Waals surface area contributed by atoms with E-state index in [9.17, 15) is 4.79 Å². The van der Waals surface area contributed by atoms with E-state index in [1.54, 1.807) is 12.3 Å². The van der Waals surface area contributed by atoms with Crippen molar-refractivity contribution in [2.24, 2.45) is 0 Å². The molecule has 2 aromatic carbocycles. The Hall–Kier alpha value is -2.85. The van der Waals surface area contributed by atoms with Gasteiger partial charge >= 0.3 is 0 Å². The Morgan fingerprint density at radius 3 is 2.56 bits per heavy atom. The van der Waals surface area contributed by atoms with Crippen molar-refractivity contribution in [1.82, 2.24) is 10.3 Å². The molecule has 0 aliphatic rings. The lowest BCUT2D eigenvalue weighted by atomic mass is 10.1. The van der Waals surface area contributed by atoms with Gasteiger partial charge in [-0.05, 0) is 48.7 Å². The number of hydrogen-bond donors (Lipinski definition) is 2. The SMILES string of the molecule is Cc1cccc(CNc2ccc(C(=O)NCCc3ccc(Cl)cc3)nc2)c1. The molecule has 0 bridgehead atoms. The van der Waals surface area contributed by atoms with Crippen LogP contribution in [-0.4, -0.2) is 17.4 Å². The Balaban J connectivity index is 1.47. The number of nitrogens with zero attached hydrogens (tertiary/aromatic N) is 1. The largest absolute Gasteiger partial charge is 0.380 e. The number of benzene rings is 2. The van der Waals surface area contributed by atoms with Gasteiger partial charge in [0, 0.05) is 18.1 Å². The number of amides is 1. The Kier molecular flexibility index (Phi) is 6.44. The van der Waals surface area contributed by atoms with Gasteiger partial charge in [-0.1, -0.05) is 53.6 Å². The van der Waals surface area contributed by atoms with Gasteiger partial charge in [-0.3, -0.25) is 4.79 Å². The molecule has 2 N–H and O–H groups in total. The van der Waals surface area contributed by atoms with E-state index >= 15 is 0 Å². The first kappa shape index (κ1) is 18.9. The molecule has 0 saturated heterocycles. The predicted molar refractivity (Wildman–Crippen MR) is 110 cm³/mol. The minimum atomic E-state index is -0.172. The number of nitrogens with one attached hydrogen (secondary N) is 2. The van der Waals surface area contributed by atoms with E-state index in [0.717, 1.165) is 24.2 Å². The van der Waals surface area contributed by atoms with Crippen molar-refractivity contribution in [3.63, 3.8) is 0 Å². The van der Waals surface area contributed by atoms with Crippen LogP contribution in [0.2, 0.25) is 5.02 Å². The first-order valence-corrected chi connectivity index (χ1v) is 9.26. The maximum absolute atomic E-state index is 12.2. The highest BCUT2D eigenvalue weighted by Gasteiger charge is 2.06. The average Bonchev–Trinajstić information content (AvgIpc) is 2.68. The smallest absolute Gasteiger partial charge is 0.269 e. The summed E-state index contributed by atoms with van der Waals surface area (Å²) in [6.07, 6.45) is 2.43. The summed E-state index contributed by atoms with van der Waals surface area (Å²) in [5, 5.41) is 6.92. The number of hydrogen-bond acceptors (Lipinski definition) is 3. The fraction of sp³-hybridized carbons (Fsp3) is 0.182. The molecule has 0 aliphatic heterocycles. The number of halogens is 1. The highest BCUT2D eigenvalue weighted by Crippen LogP contribution is 2.11.